The number of hydrogen-bond donors (Lipinski definition) is 0. The van der Waals surface area contributed by atoms with Crippen molar-refractivity contribution in [3.05, 3.63) is 82.3 Å². The summed E-state index contributed by atoms with van der Waals surface area (Å²) in [5.74, 6) is -0.373. The van der Waals surface area contributed by atoms with Gasteiger partial charge in [-0.1, -0.05) is 53.5 Å². The van der Waals surface area contributed by atoms with Crippen LogP contribution in [-0.4, -0.2) is 13.1 Å². The number of hydrogen-bond acceptors (Lipinski definition) is 2. The van der Waals surface area contributed by atoms with E-state index in [1.165, 1.54) is 7.11 Å². The monoisotopic (exact) mass is 356 g/mol. The van der Waals surface area contributed by atoms with Gasteiger partial charge in [0.05, 0.1) is 12.7 Å². The third kappa shape index (κ3) is 3.45. The Morgan fingerprint density at radius 1 is 0.750 bits per heavy atom. The highest BCUT2D eigenvalue weighted by molar-refractivity contribution is 6.31. The van der Waals surface area contributed by atoms with Crippen LogP contribution in [0.3, 0.4) is 0 Å². The van der Waals surface area contributed by atoms with Gasteiger partial charge in [0, 0.05) is 10.0 Å². The molecule has 0 atom stereocenters. The van der Waals surface area contributed by atoms with E-state index in [0.717, 1.165) is 22.3 Å². The van der Waals surface area contributed by atoms with Crippen LogP contribution in [-0.2, 0) is 4.74 Å². The van der Waals surface area contributed by atoms with Crippen molar-refractivity contribution in [1.82, 2.24) is 0 Å². The zero-order valence-electron chi connectivity index (χ0n) is 12.9. The molecule has 0 radical (unpaired) electrons. The first kappa shape index (κ1) is 16.6. The van der Waals surface area contributed by atoms with Gasteiger partial charge in [-0.15, -0.1) is 0 Å². The Kier molecular flexibility index (Phi) is 4.89. The zero-order chi connectivity index (χ0) is 17.1. The lowest BCUT2D eigenvalue weighted by atomic mass is 9.94. The minimum atomic E-state index is -0.373. The summed E-state index contributed by atoms with van der Waals surface area (Å²) in [6.07, 6.45) is 0. The molecule has 2 nitrogen and oxygen atoms in total. The maximum absolute atomic E-state index is 12.1. The molecule has 0 heterocycles. The molecule has 4 heteroatoms. The van der Waals surface area contributed by atoms with Gasteiger partial charge in [-0.25, -0.2) is 4.79 Å². The highest BCUT2D eigenvalue weighted by Gasteiger charge is 2.14. The van der Waals surface area contributed by atoms with Crippen LogP contribution in [0.25, 0.3) is 22.3 Å². The highest BCUT2D eigenvalue weighted by Crippen LogP contribution is 2.31. The summed E-state index contributed by atoms with van der Waals surface area (Å²) < 4.78 is 4.90. The fourth-order valence-corrected chi connectivity index (χ4v) is 2.77. The molecular weight excluding hydrogens is 343 g/mol. The van der Waals surface area contributed by atoms with E-state index < -0.39 is 0 Å². The first-order valence-corrected chi connectivity index (χ1v) is 8.08. The SMILES string of the molecule is COC(=O)c1ccc(-c2ccc(Cl)cc2)cc1-c1ccc(Cl)cc1. The van der Waals surface area contributed by atoms with Crippen molar-refractivity contribution in [1.29, 1.82) is 0 Å². The van der Waals surface area contributed by atoms with Crippen molar-refractivity contribution in [2.24, 2.45) is 0 Å². The lowest BCUT2D eigenvalue weighted by Gasteiger charge is -2.11. The van der Waals surface area contributed by atoms with Gasteiger partial charge in [0.25, 0.3) is 0 Å². The maximum Gasteiger partial charge on any atom is 0.338 e. The summed E-state index contributed by atoms with van der Waals surface area (Å²) >= 11 is 11.9. The molecule has 120 valence electrons. The van der Waals surface area contributed by atoms with Crippen molar-refractivity contribution >= 4 is 29.2 Å². The fourth-order valence-electron chi connectivity index (χ4n) is 2.52. The quantitative estimate of drug-likeness (QED) is 0.528. The molecule has 0 fully saturated rings. The van der Waals surface area contributed by atoms with Crippen molar-refractivity contribution in [2.75, 3.05) is 7.11 Å². The molecule has 3 aromatic rings. The third-order valence-electron chi connectivity index (χ3n) is 3.76. The predicted molar refractivity (Wildman–Crippen MR) is 98.7 cm³/mol. The molecule has 0 aliphatic carbocycles. The van der Waals surface area contributed by atoms with E-state index in [9.17, 15) is 4.79 Å². The molecule has 0 bridgehead atoms. The first-order valence-electron chi connectivity index (χ1n) is 7.33. The van der Waals surface area contributed by atoms with Gasteiger partial charge in [-0.3, -0.25) is 0 Å². The minimum absolute atomic E-state index is 0.373. The van der Waals surface area contributed by atoms with Gasteiger partial charge in [0.2, 0.25) is 0 Å². The molecule has 0 saturated heterocycles. The molecule has 0 spiro atoms. The fraction of sp³-hybridized carbons (Fsp3) is 0.0500. The summed E-state index contributed by atoms with van der Waals surface area (Å²) in [6.45, 7) is 0. The Morgan fingerprint density at radius 3 is 1.79 bits per heavy atom. The average molecular weight is 357 g/mol. The smallest absolute Gasteiger partial charge is 0.338 e. The van der Waals surface area contributed by atoms with Crippen LogP contribution in [0.1, 0.15) is 10.4 Å². The average Bonchev–Trinajstić information content (AvgIpc) is 2.62. The molecule has 24 heavy (non-hydrogen) atoms. The molecule has 0 unspecified atom stereocenters. The lowest BCUT2D eigenvalue weighted by Crippen LogP contribution is -2.03. The molecule has 0 N–H and O–H groups in total. The molecule has 0 aliphatic rings. The molecule has 0 aliphatic heterocycles. The second kappa shape index (κ2) is 7.08. The van der Waals surface area contributed by atoms with E-state index in [1.54, 1.807) is 18.2 Å². The van der Waals surface area contributed by atoms with E-state index >= 15 is 0 Å². The molecular formula is C20H14Cl2O2. The number of benzene rings is 3. The normalized spacial score (nSPS) is 10.5. The van der Waals surface area contributed by atoms with Crippen molar-refractivity contribution < 1.29 is 9.53 Å². The second-order valence-corrected chi connectivity index (χ2v) is 6.14. The van der Waals surface area contributed by atoms with Crippen molar-refractivity contribution in [2.45, 2.75) is 0 Å². The lowest BCUT2D eigenvalue weighted by molar-refractivity contribution is 0.0601. The second-order valence-electron chi connectivity index (χ2n) is 5.27. The van der Waals surface area contributed by atoms with Crippen LogP contribution >= 0.6 is 23.2 Å². The number of carbonyl (C=O) groups excluding carboxylic acids is 1. The van der Waals surface area contributed by atoms with Crippen molar-refractivity contribution in [3.8, 4) is 22.3 Å². The highest BCUT2D eigenvalue weighted by atomic mass is 35.5. The van der Waals surface area contributed by atoms with Crippen LogP contribution in [0.4, 0.5) is 0 Å². The van der Waals surface area contributed by atoms with Crippen LogP contribution in [0.15, 0.2) is 66.7 Å². The number of carbonyl (C=O) groups is 1. The number of ether oxygens (including phenoxy) is 1. The van der Waals surface area contributed by atoms with E-state index in [1.807, 2.05) is 48.5 Å². The van der Waals surface area contributed by atoms with Crippen LogP contribution < -0.4 is 0 Å². The van der Waals surface area contributed by atoms with Gasteiger partial charge < -0.3 is 4.74 Å². The summed E-state index contributed by atoms with van der Waals surface area (Å²) in [7, 11) is 1.38. The van der Waals surface area contributed by atoms with Crippen LogP contribution in [0, 0.1) is 0 Å². The predicted octanol–water partition coefficient (Wildman–Crippen LogP) is 6.11. The Bertz CT molecular complexity index is 869. The van der Waals surface area contributed by atoms with Gasteiger partial charge in [0.1, 0.15) is 0 Å². The summed E-state index contributed by atoms with van der Waals surface area (Å²) in [6, 6.07) is 20.6. The number of rotatable bonds is 3. The van der Waals surface area contributed by atoms with Gasteiger partial charge in [-0.2, -0.15) is 0 Å². The van der Waals surface area contributed by atoms with Gasteiger partial charge >= 0.3 is 5.97 Å². The molecule has 0 saturated carbocycles. The van der Waals surface area contributed by atoms with E-state index in [4.69, 9.17) is 27.9 Å². The molecule has 3 rings (SSSR count). The first-order chi connectivity index (χ1) is 11.6. The minimum Gasteiger partial charge on any atom is -0.465 e. The molecule has 3 aromatic carbocycles. The Labute approximate surface area is 150 Å². The topological polar surface area (TPSA) is 26.3 Å². The number of halogens is 2. The third-order valence-corrected chi connectivity index (χ3v) is 4.26. The Morgan fingerprint density at radius 2 is 1.25 bits per heavy atom. The largest absolute Gasteiger partial charge is 0.465 e. The van der Waals surface area contributed by atoms with Crippen LogP contribution in [0.5, 0.6) is 0 Å². The van der Waals surface area contributed by atoms with E-state index in [0.29, 0.717) is 15.6 Å². The number of methoxy groups -OCH3 is 1. The molecule has 0 amide bonds. The maximum atomic E-state index is 12.1. The number of esters is 1. The summed E-state index contributed by atoms with van der Waals surface area (Å²) in [5, 5.41) is 1.33. The van der Waals surface area contributed by atoms with Gasteiger partial charge in [-0.05, 0) is 58.7 Å². The Balaban J connectivity index is 2.15. The summed E-state index contributed by atoms with van der Waals surface area (Å²) in [5.41, 5.74) is 4.22. The standard InChI is InChI=1S/C20H14Cl2O2/c1-24-20(23)18-11-6-15(13-2-7-16(21)8-3-13)12-19(18)14-4-9-17(22)10-5-14/h2-12H,1H3. The van der Waals surface area contributed by atoms with E-state index in [2.05, 4.69) is 0 Å². The van der Waals surface area contributed by atoms with Crippen molar-refractivity contribution in [3.63, 3.8) is 0 Å². The summed E-state index contributed by atoms with van der Waals surface area (Å²) in [4.78, 5) is 12.1. The Hall–Kier alpha value is -2.29. The molecule has 0 aromatic heterocycles. The van der Waals surface area contributed by atoms with Crippen LogP contribution in [0.2, 0.25) is 10.0 Å². The van der Waals surface area contributed by atoms with E-state index in [-0.39, 0.29) is 5.97 Å². The zero-order valence-corrected chi connectivity index (χ0v) is 14.4. The van der Waals surface area contributed by atoms with Gasteiger partial charge in [0.15, 0.2) is 0 Å².